The third kappa shape index (κ3) is 3.06. The zero-order valence-electron chi connectivity index (χ0n) is 10.6. The molecule has 0 radical (unpaired) electrons. The SMILES string of the molecule is CCOC(=O)CC(=O)CN1C(=O)NC(C)(C)C1=O. The number of hydrogen-bond donors (Lipinski definition) is 1. The molecule has 1 N–H and O–H groups in total. The van der Waals surface area contributed by atoms with Gasteiger partial charge in [0.05, 0.1) is 13.2 Å². The van der Waals surface area contributed by atoms with Gasteiger partial charge in [0.25, 0.3) is 5.91 Å². The number of imide groups is 1. The maximum Gasteiger partial charge on any atom is 0.325 e. The summed E-state index contributed by atoms with van der Waals surface area (Å²) in [7, 11) is 0. The van der Waals surface area contributed by atoms with E-state index in [-0.39, 0.29) is 6.61 Å². The summed E-state index contributed by atoms with van der Waals surface area (Å²) in [4.78, 5) is 46.6. The predicted molar refractivity (Wildman–Crippen MR) is 60.6 cm³/mol. The van der Waals surface area contributed by atoms with Crippen molar-refractivity contribution in [1.29, 1.82) is 0 Å². The molecule has 7 heteroatoms. The van der Waals surface area contributed by atoms with Gasteiger partial charge in [0.2, 0.25) is 0 Å². The van der Waals surface area contributed by atoms with E-state index >= 15 is 0 Å². The molecule has 0 unspecified atom stereocenters. The van der Waals surface area contributed by atoms with E-state index in [1.165, 1.54) is 0 Å². The number of ketones is 1. The van der Waals surface area contributed by atoms with E-state index in [1.54, 1.807) is 20.8 Å². The van der Waals surface area contributed by atoms with Gasteiger partial charge < -0.3 is 10.1 Å². The maximum atomic E-state index is 11.8. The Kier molecular flexibility index (Phi) is 4.05. The number of carbonyl (C=O) groups excluding carboxylic acids is 4. The molecule has 3 amide bonds. The summed E-state index contributed by atoms with van der Waals surface area (Å²) in [5.41, 5.74) is -1.01. The van der Waals surface area contributed by atoms with Crippen LogP contribution in [-0.4, -0.2) is 47.3 Å². The first-order chi connectivity index (χ1) is 8.27. The van der Waals surface area contributed by atoms with Crippen LogP contribution in [0.2, 0.25) is 0 Å². The topological polar surface area (TPSA) is 92.8 Å². The van der Waals surface area contributed by atoms with Crippen LogP contribution in [-0.2, 0) is 19.1 Å². The molecule has 0 atom stereocenters. The molecule has 1 aliphatic heterocycles. The summed E-state index contributed by atoms with van der Waals surface area (Å²) < 4.78 is 4.61. The molecule has 0 saturated carbocycles. The van der Waals surface area contributed by atoms with Gasteiger partial charge in [0.15, 0.2) is 5.78 Å². The minimum absolute atomic E-state index is 0.183. The number of nitrogens with zero attached hydrogens (tertiary/aromatic N) is 1. The molecule has 7 nitrogen and oxygen atoms in total. The highest BCUT2D eigenvalue weighted by Gasteiger charge is 2.44. The van der Waals surface area contributed by atoms with E-state index in [2.05, 4.69) is 10.1 Å². The van der Waals surface area contributed by atoms with Crippen molar-refractivity contribution in [3.8, 4) is 0 Å². The second kappa shape index (κ2) is 5.16. The summed E-state index contributed by atoms with van der Waals surface area (Å²) >= 11 is 0. The van der Waals surface area contributed by atoms with Crippen LogP contribution in [0.15, 0.2) is 0 Å². The van der Waals surface area contributed by atoms with Crippen molar-refractivity contribution in [3.63, 3.8) is 0 Å². The van der Waals surface area contributed by atoms with Gasteiger partial charge in [-0.3, -0.25) is 19.3 Å². The highest BCUT2D eigenvalue weighted by Crippen LogP contribution is 2.16. The minimum atomic E-state index is -1.01. The Morgan fingerprint density at radius 2 is 1.94 bits per heavy atom. The molecule has 0 aromatic heterocycles. The minimum Gasteiger partial charge on any atom is -0.466 e. The van der Waals surface area contributed by atoms with Crippen molar-refractivity contribution in [2.24, 2.45) is 0 Å². The van der Waals surface area contributed by atoms with Crippen LogP contribution < -0.4 is 5.32 Å². The van der Waals surface area contributed by atoms with E-state index in [1.807, 2.05) is 0 Å². The van der Waals surface area contributed by atoms with Gasteiger partial charge in [-0.15, -0.1) is 0 Å². The molecular weight excluding hydrogens is 240 g/mol. The first kappa shape index (κ1) is 14.1. The molecule has 0 aromatic carbocycles. The third-order valence-electron chi connectivity index (χ3n) is 2.43. The highest BCUT2D eigenvalue weighted by molar-refractivity contribution is 6.09. The summed E-state index contributed by atoms with van der Waals surface area (Å²) in [6, 6.07) is -0.623. The first-order valence-corrected chi connectivity index (χ1v) is 5.59. The van der Waals surface area contributed by atoms with Gasteiger partial charge in [-0.25, -0.2) is 4.79 Å². The van der Waals surface area contributed by atoms with Crippen molar-refractivity contribution in [3.05, 3.63) is 0 Å². The Labute approximate surface area is 104 Å². The van der Waals surface area contributed by atoms with E-state index in [4.69, 9.17) is 0 Å². The largest absolute Gasteiger partial charge is 0.466 e. The Bertz CT molecular complexity index is 402. The van der Waals surface area contributed by atoms with Crippen molar-refractivity contribution < 1.29 is 23.9 Å². The van der Waals surface area contributed by atoms with Gasteiger partial charge in [0.1, 0.15) is 12.0 Å². The second-order valence-corrected chi connectivity index (χ2v) is 4.47. The Morgan fingerprint density at radius 3 is 2.39 bits per heavy atom. The molecule has 0 bridgehead atoms. The molecule has 1 heterocycles. The predicted octanol–water partition coefficient (Wildman–Crippen LogP) is -0.161. The van der Waals surface area contributed by atoms with E-state index in [0.717, 1.165) is 4.90 Å². The van der Waals surface area contributed by atoms with Crippen LogP contribution in [0.5, 0.6) is 0 Å². The summed E-state index contributed by atoms with van der Waals surface area (Å²) in [5.74, 6) is -1.67. The molecule has 1 aliphatic rings. The van der Waals surface area contributed by atoms with Crippen LogP contribution in [0.1, 0.15) is 27.2 Å². The zero-order chi connectivity index (χ0) is 13.9. The fraction of sp³-hybridized carbons (Fsp3) is 0.636. The average Bonchev–Trinajstić information content (AvgIpc) is 2.41. The molecule has 1 saturated heterocycles. The first-order valence-electron chi connectivity index (χ1n) is 5.59. The Balaban J connectivity index is 2.58. The number of rotatable bonds is 5. The van der Waals surface area contributed by atoms with Crippen molar-refractivity contribution in [2.45, 2.75) is 32.7 Å². The van der Waals surface area contributed by atoms with Gasteiger partial charge >= 0.3 is 12.0 Å². The monoisotopic (exact) mass is 256 g/mol. The lowest BCUT2D eigenvalue weighted by Crippen LogP contribution is -2.41. The van der Waals surface area contributed by atoms with Gasteiger partial charge in [-0.2, -0.15) is 0 Å². The Morgan fingerprint density at radius 1 is 1.33 bits per heavy atom. The molecule has 0 aromatic rings. The summed E-state index contributed by atoms with van der Waals surface area (Å²) in [5, 5.41) is 2.45. The molecule has 18 heavy (non-hydrogen) atoms. The standard InChI is InChI=1S/C11H16N2O5/c1-4-18-8(15)5-7(14)6-13-9(16)11(2,3)12-10(13)17/h4-6H2,1-3H3,(H,12,17). The van der Waals surface area contributed by atoms with Crippen molar-refractivity contribution >= 4 is 23.7 Å². The van der Waals surface area contributed by atoms with Crippen LogP contribution >= 0.6 is 0 Å². The number of Topliss-reactive ketones (excluding diaryl/α,β-unsaturated/α-hetero) is 1. The lowest BCUT2D eigenvalue weighted by molar-refractivity contribution is -0.146. The summed E-state index contributed by atoms with van der Waals surface area (Å²) in [6.07, 6.45) is -0.439. The van der Waals surface area contributed by atoms with Crippen molar-refractivity contribution in [2.75, 3.05) is 13.2 Å². The van der Waals surface area contributed by atoms with E-state index in [0.29, 0.717) is 0 Å². The number of esters is 1. The Hall–Kier alpha value is -1.92. The molecule has 0 aliphatic carbocycles. The number of hydrogen-bond acceptors (Lipinski definition) is 5. The number of ether oxygens (including phenoxy) is 1. The lowest BCUT2D eigenvalue weighted by Gasteiger charge is -2.15. The normalized spacial score (nSPS) is 17.6. The van der Waals surface area contributed by atoms with Gasteiger partial charge in [-0.05, 0) is 20.8 Å². The van der Waals surface area contributed by atoms with Crippen LogP contribution in [0, 0.1) is 0 Å². The van der Waals surface area contributed by atoms with E-state index in [9.17, 15) is 19.2 Å². The highest BCUT2D eigenvalue weighted by atomic mass is 16.5. The zero-order valence-corrected chi connectivity index (χ0v) is 10.6. The lowest BCUT2D eigenvalue weighted by atomic mass is 10.1. The van der Waals surface area contributed by atoms with Crippen molar-refractivity contribution in [1.82, 2.24) is 10.2 Å². The molecule has 1 fully saturated rings. The molecule has 1 rings (SSSR count). The second-order valence-electron chi connectivity index (χ2n) is 4.47. The quantitative estimate of drug-likeness (QED) is 0.419. The summed E-state index contributed by atoms with van der Waals surface area (Å²) in [6.45, 7) is 4.49. The van der Waals surface area contributed by atoms with Crippen LogP contribution in [0.3, 0.4) is 0 Å². The number of amides is 3. The smallest absolute Gasteiger partial charge is 0.325 e. The fourth-order valence-corrected chi connectivity index (χ4v) is 1.57. The van der Waals surface area contributed by atoms with Gasteiger partial charge in [-0.1, -0.05) is 0 Å². The third-order valence-corrected chi connectivity index (χ3v) is 2.43. The fourth-order valence-electron chi connectivity index (χ4n) is 1.57. The van der Waals surface area contributed by atoms with Crippen LogP contribution in [0.25, 0.3) is 0 Å². The molecular formula is C11H16N2O5. The average molecular weight is 256 g/mol. The molecule has 100 valence electrons. The molecule has 0 spiro atoms. The number of urea groups is 1. The maximum absolute atomic E-state index is 11.8. The number of carbonyl (C=O) groups is 4. The van der Waals surface area contributed by atoms with Crippen LogP contribution in [0.4, 0.5) is 4.79 Å². The van der Waals surface area contributed by atoms with E-state index < -0.39 is 42.2 Å². The van der Waals surface area contributed by atoms with Gasteiger partial charge in [0, 0.05) is 0 Å². The number of nitrogens with one attached hydrogen (secondary N) is 1.